The van der Waals surface area contributed by atoms with Crippen molar-refractivity contribution in [3.63, 3.8) is 0 Å². The smallest absolute Gasteiger partial charge is 0.252 e. The molecule has 0 aromatic carbocycles. The van der Waals surface area contributed by atoms with Crippen LogP contribution in [0.2, 0.25) is 0 Å². The second-order valence-electron chi connectivity index (χ2n) is 3.40. The SMILES string of the molecule is O=S(=O)(c1ccc(CO)s1)N1CCSCC1. The van der Waals surface area contributed by atoms with Crippen molar-refractivity contribution in [1.29, 1.82) is 0 Å². The van der Waals surface area contributed by atoms with Crippen LogP contribution in [0.5, 0.6) is 0 Å². The van der Waals surface area contributed by atoms with Gasteiger partial charge in [-0.25, -0.2) is 8.42 Å². The Bertz CT molecular complexity index is 448. The van der Waals surface area contributed by atoms with Gasteiger partial charge in [0.05, 0.1) is 6.61 Å². The molecule has 0 spiro atoms. The molecule has 0 aliphatic carbocycles. The second-order valence-corrected chi connectivity index (χ2v) is 7.95. The molecule has 0 saturated carbocycles. The Morgan fingerprint density at radius 3 is 2.56 bits per heavy atom. The van der Waals surface area contributed by atoms with E-state index < -0.39 is 10.0 Å². The van der Waals surface area contributed by atoms with E-state index in [1.54, 1.807) is 23.9 Å². The molecule has 90 valence electrons. The van der Waals surface area contributed by atoms with E-state index in [-0.39, 0.29) is 6.61 Å². The van der Waals surface area contributed by atoms with Crippen molar-refractivity contribution in [2.45, 2.75) is 10.8 Å². The minimum atomic E-state index is -3.32. The van der Waals surface area contributed by atoms with Gasteiger partial charge in [-0.05, 0) is 12.1 Å². The third-order valence-electron chi connectivity index (χ3n) is 2.36. The van der Waals surface area contributed by atoms with Crippen LogP contribution in [0.4, 0.5) is 0 Å². The second kappa shape index (κ2) is 5.05. The number of nitrogens with zero attached hydrogens (tertiary/aromatic N) is 1. The molecule has 0 unspecified atom stereocenters. The van der Waals surface area contributed by atoms with Crippen LogP contribution in [-0.4, -0.2) is 42.4 Å². The standard InChI is InChI=1S/C9H13NO3S3/c11-7-8-1-2-9(15-8)16(12,13)10-3-5-14-6-4-10/h1-2,11H,3-7H2. The van der Waals surface area contributed by atoms with Crippen molar-refractivity contribution in [3.8, 4) is 0 Å². The Morgan fingerprint density at radius 2 is 2.00 bits per heavy atom. The molecule has 7 heteroatoms. The van der Waals surface area contributed by atoms with E-state index in [1.807, 2.05) is 0 Å². The molecular weight excluding hydrogens is 266 g/mol. The molecule has 0 atom stereocenters. The summed E-state index contributed by atoms with van der Waals surface area (Å²) in [6.45, 7) is 1.06. The van der Waals surface area contributed by atoms with Crippen LogP contribution in [0.1, 0.15) is 4.88 Å². The van der Waals surface area contributed by atoms with Crippen LogP contribution in [0.3, 0.4) is 0 Å². The Morgan fingerprint density at radius 1 is 1.31 bits per heavy atom. The first-order chi connectivity index (χ1) is 7.64. The Labute approximate surface area is 103 Å². The fourth-order valence-electron chi connectivity index (χ4n) is 1.50. The predicted molar refractivity (Wildman–Crippen MR) is 66.3 cm³/mol. The number of thioether (sulfide) groups is 1. The van der Waals surface area contributed by atoms with E-state index in [1.165, 1.54) is 4.31 Å². The molecule has 1 aromatic rings. The molecule has 2 rings (SSSR count). The summed E-state index contributed by atoms with van der Waals surface area (Å²) in [5, 5.41) is 8.93. The molecule has 4 nitrogen and oxygen atoms in total. The third-order valence-corrected chi connectivity index (χ3v) is 6.74. The lowest BCUT2D eigenvalue weighted by molar-refractivity contribution is 0.285. The van der Waals surface area contributed by atoms with Crippen LogP contribution >= 0.6 is 23.1 Å². The minimum Gasteiger partial charge on any atom is -0.391 e. The summed E-state index contributed by atoms with van der Waals surface area (Å²) < 4.78 is 26.2. The van der Waals surface area contributed by atoms with Crippen molar-refractivity contribution in [2.75, 3.05) is 24.6 Å². The van der Waals surface area contributed by atoms with Gasteiger partial charge in [-0.1, -0.05) is 0 Å². The van der Waals surface area contributed by atoms with E-state index in [2.05, 4.69) is 0 Å². The highest BCUT2D eigenvalue weighted by atomic mass is 32.2. The van der Waals surface area contributed by atoms with E-state index >= 15 is 0 Å². The summed E-state index contributed by atoms with van der Waals surface area (Å²) in [4.78, 5) is 0.685. The lowest BCUT2D eigenvalue weighted by Gasteiger charge is -2.24. The molecule has 2 heterocycles. The normalized spacial score (nSPS) is 18.8. The summed E-state index contributed by atoms with van der Waals surface area (Å²) >= 11 is 2.92. The van der Waals surface area contributed by atoms with Crippen LogP contribution in [0, 0.1) is 0 Å². The van der Waals surface area contributed by atoms with Crippen molar-refractivity contribution in [2.24, 2.45) is 0 Å². The summed E-state index contributed by atoms with van der Waals surface area (Å²) in [6, 6.07) is 3.24. The van der Waals surface area contributed by atoms with Crippen LogP contribution in [-0.2, 0) is 16.6 Å². The summed E-state index contributed by atoms with van der Waals surface area (Å²) in [7, 11) is -3.32. The van der Waals surface area contributed by atoms with E-state index in [9.17, 15) is 8.42 Å². The zero-order valence-corrected chi connectivity index (χ0v) is 11.1. The quantitative estimate of drug-likeness (QED) is 0.896. The molecule has 16 heavy (non-hydrogen) atoms. The number of rotatable bonds is 3. The fourth-order valence-corrected chi connectivity index (χ4v) is 5.44. The number of hydrogen-bond donors (Lipinski definition) is 1. The van der Waals surface area contributed by atoms with E-state index in [4.69, 9.17) is 5.11 Å². The topological polar surface area (TPSA) is 57.6 Å². The largest absolute Gasteiger partial charge is 0.391 e. The lowest BCUT2D eigenvalue weighted by atomic mass is 10.5. The van der Waals surface area contributed by atoms with Gasteiger partial charge in [-0.2, -0.15) is 16.1 Å². The van der Waals surface area contributed by atoms with Gasteiger partial charge in [0.15, 0.2) is 0 Å². The average Bonchev–Trinajstić information content (AvgIpc) is 2.79. The zero-order valence-electron chi connectivity index (χ0n) is 8.63. The van der Waals surface area contributed by atoms with Gasteiger partial charge in [-0.3, -0.25) is 0 Å². The van der Waals surface area contributed by atoms with Gasteiger partial charge in [0.25, 0.3) is 10.0 Å². The van der Waals surface area contributed by atoms with Gasteiger partial charge in [0, 0.05) is 29.5 Å². The maximum Gasteiger partial charge on any atom is 0.252 e. The maximum absolute atomic E-state index is 12.2. The molecule has 1 N–H and O–H groups in total. The molecule has 1 aliphatic heterocycles. The molecule has 0 bridgehead atoms. The molecular formula is C9H13NO3S3. The monoisotopic (exact) mass is 279 g/mol. The highest BCUT2D eigenvalue weighted by Crippen LogP contribution is 2.26. The zero-order chi connectivity index (χ0) is 11.6. The number of thiophene rings is 1. The van der Waals surface area contributed by atoms with Gasteiger partial charge >= 0.3 is 0 Å². The number of hydrogen-bond acceptors (Lipinski definition) is 5. The Hall–Kier alpha value is -0.0800. The first kappa shape index (κ1) is 12.4. The average molecular weight is 279 g/mol. The molecule has 1 fully saturated rings. The molecule has 1 saturated heterocycles. The summed E-state index contributed by atoms with van der Waals surface area (Å²) in [5.74, 6) is 1.72. The minimum absolute atomic E-state index is 0.101. The molecule has 1 aromatic heterocycles. The Balaban J connectivity index is 2.23. The van der Waals surface area contributed by atoms with Crippen molar-refractivity contribution >= 4 is 33.1 Å². The number of sulfonamides is 1. The van der Waals surface area contributed by atoms with Gasteiger partial charge in [-0.15, -0.1) is 11.3 Å². The van der Waals surface area contributed by atoms with E-state index in [0.29, 0.717) is 22.2 Å². The Kier molecular flexibility index (Phi) is 3.91. The third kappa shape index (κ3) is 2.43. The van der Waals surface area contributed by atoms with Crippen LogP contribution in [0.15, 0.2) is 16.3 Å². The summed E-state index contributed by atoms with van der Waals surface area (Å²) in [6.07, 6.45) is 0. The van der Waals surface area contributed by atoms with Gasteiger partial charge in [0.1, 0.15) is 4.21 Å². The lowest BCUT2D eigenvalue weighted by Crippen LogP contribution is -2.37. The highest BCUT2D eigenvalue weighted by molar-refractivity contribution is 7.99. The summed E-state index contributed by atoms with van der Waals surface area (Å²) in [5.41, 5.74) is 0. The van der Waals surface area contributed by atoms with Crippen LogP contribution < -0.4 is 0 Å². The first-order valence-corrected chi connectivity index (χ1v) is 8.33. The van der Waals surface area contributed by atoms with E-state index in [0.717, 1.165) is 22.8 Å². The van der Waals surface area contributed by atoms with Crippen LogP contribution in [0.25, 0.3) is 0 Å². The van der Waals surface area contributed by atoms with Crippen molar-refractivity contribution in [1.82, 2.24) is 4.31 Å². The van der Waals surface area contributed by atoms with Crippen molar-refractivity contribution in [3.05, 3.63) is 17.0 Å². The predicted octanol–water partition coefficient (Wildman–Crippen LogP) is 0.978. The van der Waals surface area contributed by atoms with Crippen molar-refractivity contribution < 1.29 is 13.5 Å². The van der Waals surface area contributed by atoms with Gasteiger partial charge < -0.3 is 5.11 Å². The molecule has 1 aliphatic rings. The fraction of sp³-hybridized carbons (Fsp3) is 0.556. The highest BCUT2D eigenvalue weighted by Gasteiger charge is 2.27. The molecule has 0 radical (unpaired) electrons. The maximum atomic E-state index is 12.2. The first-order valence-electron chi connectivity index (χ1n) is 4.92. The number of aliphatic hydroxyl groups excluding tert-OH is 1. The molecule has 0 amide bonds. The number of aliphatic hydroxyl groups is 1. The van der Waals surface area contributed by atoms with Gasteiger partial charge in [0.2, 0.25) is 0 Å².